The standard InChI is InChI=1S/C17H18F2O/c1-12-5-2-3-6-13(12)9-10-14(20)11-15-16(18)7-4-8-17(15)19/h2-8,14,20H,9-11H2,1H3. The maximum absolute atomic E-state index is 13.5. The predicted octanol–water partition coefficient (Wildman–Crippen LogP) is 3.81. The molecular weight excluding hydrogens is 258 g/mol. The molecule has 0 aliphatic heterocycles. The number of aliphatic hydroxyl groups is 1. The largest absolute Gasteiger partial charge is 0.393 e. The SMILES string of the molecule is Cc1ccccc1CCC(O)Cc1c(F)cccc1F. The molecular formula is C17H18F2O. The normalized spacial score (nSPS) is 12.4. The highest BCUT2D eigenvalue weighted by atomic mass is 19.1. The van der Waals surface area contributed by atoms with Gasteiger partial charge in [-0.15, -0.1) is 0 Å². The van der Waals surface area contributed by atoms with Crippen molar-refractivity contribution in [3.8, 4) is 0 Å². The number of hydrogen-bond acceptors (Lipinski definition) is 1. The van der Waals surface area contributed by atoms with E-state index in [2.05, 4.69) is 0 Å². The minimum absolute atomic E-state index is 0.00435. The van der Waals surface area contributed by atoms with Crippen molar-refractivity contribution < 1.29 is 13.9 Å². The van der Waals surface area contributed by atoms with Crippen molar-refractivity contribution in [1.82, 2.24) is 0 Å². The first-order valence-corrected chi connectivity index (χ1v) is 6.73. The molecule has 3 heteroatoms. The van der Waals surface area contributed by atoms with Gasteiger partial charge in [0.25, 0.3) is 0 Å². The summed E-state index contributed by atoms with van der Waals surface area (Å²) < 4.78 is 27.0. The molecule has 1 nitrogen and oxygen atoms in total. The smallest absolute Gasteiger partial charge is 0.129 e. The van der Waals surface area contributed by atoms with Gasteiger partial charge in [0.1, 0.15) is 11.6 Å². The van der Waals surface area contributed by atoms with Crippen LogP contribution in [0.25, 0.3) is 0 Å². The molecule has 0 amide bonds. The highest BCUT2D eigenvalue weighted by Crippen LogP contribution is 2.17. The minimum atomic E-state index is -0.749. The lowest BCUT2D eigenvalue weighted by atomic mass is 9.98. The zero-order valence-corrected chi connectivity index (χ0v) is 11.4. The summed E-state index contributed by atoms with van der Waals surface area (Å²) in [7, 11) is 0. The van der Waals surface area contributed by atoms with Crippen LogP contribution in [0.15, 0.2) is 42.5 Å². The van der Waals surface area contributed by atoms with E-state index < -0.39 is 17.7 Å². The van der Waals surface area contributed by atoms with Gasteiger partial charge in [-0.25, -0.2) is 8.78 Å². The average Bonchev–Trinajstić information content (AvgIpc) is 2.42. The summed E-state index contributed by atoms with van der Waals surface area (Å²) in [5.74, 6) is -1.19. The third-order valence-corrected chi connectivity index (χ3v) is 3.51. The maximum Gasteiger partial charge on any atom is 0.129 e. The Hall–Kier alpha value is -1.74. The molecule has 0 aliphatic rings. The number of rotatable bonds is 5. The van der Waals surface area contributed by atoms with Crippen molar-refractivity contribution in [2.75, 3.05) is 0 Å². The van der Waals surface area contributed by atoms with Crippen LogP contribution in [0.2, 0.25) is 0 Å². The summed E-state index contributed by atoms with van der Waals surface area (Å²) in [6.07, 6.45) is 0.438. The zero-order chi connectivity index (χ0) is 14.5. The molecule has 0 aromatic heterocycles. The lowest BCUT2D eigenvalue weighted by molar-refractivity contribution is 0.162. The van der Waals surface area contributed by atoms with E-state index in [-0.39, 0.29) is 12.0 Å². The minimum Gasteiger partial charge on any atom is -0.393 e. The second-order valence-electron chi connectivity index (χ2n) is 5.02. The van der Waals surface area contributed by atoms with Crippen molar-refractivity contribution in [3.63, 3.8) is 0 Å². The molecule has 0 aliphatic carbocycles. The van der Waals surface area contributed by atoms with E-state index in [1.165, 1.54) is 18.2 Å². The molecule has 2 aromatic rings. The van der Waals surface area contributed by atoms with Crippen molar-refractivity contribution >= 4 is 0 Å². The fraction of sp³-hybridized carbons (Fsp3) is 0.294. The molecule has 0 fully saturated rings. The molecule has 0 bridgehead atoms. The molecule has 0 saturated carbocycles. The first-order valence-electron chi connectivity index (χ1n) is 6.73. The van der Waals surface area contributed by atoms with Gasteiger partial charge in [0.05, 0.1) is 6.10 Å². The Morgan fingerprint density at radius 1 is 1.00 bits per heavy atom. The van der Waals surface area contributed by atoms with Gasteiger partial charge in [-0.3, -0.25) is 0 Å². The Bertz CT molecular complexity index is 561. The topological polar surface area (TPSA) is 20.2 Å². The van der Waals surface area contributed by atoms with E-state index in [0.717, 1.165) is 11.1 Å². The molecule has 0 saturated heterocycles. The van der Waals surface area contributed by atoms with E-state index in [0.29, 0.717) is 12.8 Å². The monoisotopic (exact) mass is 276 g/mol. The Labute approximate surface area is 117 Å². The highest BCUT2D eigenvalue weighted by molar-refractivity contribution is 5.26. The number of aryl methyl sites for hydroxylation is 2. The van der Waals surface area contributed by atoms with Gasteiger partial charge in [-0.05, 0) is 43.0 Å². The summed E-state index contributed by atoms with van der Waals surface area (Å²) in [6.45, 7) is 2.01. The maximum atomic E-state index is 13.5. The zero-order valence-electron chi connectivity index (χ0n) is 11.4. The molecule has 106 valence electrons. The number of hydrogen-bond donors (Lipinski definition) is 1. The van der Waals surface area contributed by atoms with Crippen molar-refractivity contribution in [3.05, 3.63) is 70.8 Å². The van der Waals surface area contributed by atoms with Crippen LogP contribution in [-0.2, 0) is 12.8 Å². The van der Waals surface area contributed by atoms with Crippen molar-refractivity contribution in [2.24, 2.45) is 0 Å². The third kappa shape index (κ3) is 3.64. The van der Waals surface area contributed by atoms with Crippen LogP contribution in [0.3, 0.4) is 0 Å². The van der Waals surface area contributed by atoms with Gasteiger partial charge in [0.2, 0.25) is 0 Å². The van der Waals surface area contributed by atoms with Gasteiger partial charge in [0.15, 0.2) is 0 Å². The van der Waals surface area contributed by atoms with E-state index in [4.69, 9.17) is 0 Å². The van der Waals surface area contributed by atoms with Gasteiger partial charge in [-0.2, -0.15) is 0 Å². The van der Waals surface area contributed by atoms with Gasteiger partial charge < -0.3 is 5.11 Å². The molecule has 0 heterocycles. The summed E-state index contributed by atoms with van der Waals surface area (Å²) in [5, 5.41) is 9.97. The van der Waals surface area contributed by atoms with Crippen LogP contribution in [0.5, 0.6) is 0 Å². The second-order valence-corrected chi connectivity index (χ2v) is 5.02. The second kappa shape index (κ2) is 6.62. The molecule has 1 unspecified atom stereocenters. The van der Waals surface area contributed by atoms with E-state index in [1.54, 1.807) is 0 Å². The Morgan fingerprint density at radius 3 is 2.30 bits per heavy atom. The summed E-state index contributed by atoms with van der Waals surface area (Å²) in [4.78, 5) is 0. The number of benzene rings is 2. The Morgan fingerprint density at radius 2 is 1.65 bits per heavy atom. The fourth-order valence-corrected chi connectivity index (χ4v) is 2.28. The first kappa shape index (κ1) is 14.7. The van der Waals surface area contributed by atoms with Gasteiger partial charge >= 0.3 is 0 Å². The summed E-state index contributed by atoms with van der Waals surface area (Å²) in [5.41, 5.74) is 2.28. The van der Waals surface area contributed by atoms with Crippen molar-refractivity contribution in [2.45, 2.75) is 32.3 Å². The molecule has 1 N–H and O–H groups in total. The number of aliphatic hydroxyl groups excluding tert-OH is 1. The highest BCUT2D eigenvalue weighted by Gasteiger charge is 2.14. The van der Waals surface area contributed by atoms with E-state index in [1.807, 2.05) is 31.2 Å². The van der Waals surface area contributed by atoms with Crippen LogP contribution in [0.4, 0.5) is 8.78 Å². The molecule has 0 radical (unpaired) electrons. The number of halogens is 2. The Kier molecular flexibility index (Phi) is 4.85. The van der Waals surface area contributed by atoms with Crippen LogP contribution < -0.4 is 0 Å². The van der Waals surface area contributed by atoms with Gasteiger partial charge in [0, 0.05) is 12.0 Å². The molecule has 2 aromatic carbocycles. The quantitative estimate of drug-likeness (QED) is 0.880. The van der Waals surface area contributed by atoms with Gasteiger partial charge in [-0.1, -0.05) is 30.3 Å². The average molecular weight is 276 g/mol. The molecule has 20 heavy (non-hydrogen) atoms. The van der Waals surface area contributed by atoms with Crippen LogP contribution >= 0.6 is 0 Å². The first-order chi connectivity index (χ1) is 9.58. The van der Waals surface area contributed by atoms with E-state index >= 15 is 0 Å². The molecule has 1 atom stereocenters. The third-order valence-electron chi connectivity index (χ3n) is 3.51. The Balaban J connectivity index is 1.96. The van der Waals surface area contributed by atoms with Crippen molar-refractivity contribution in [1.29, 1.82) is 0 Å². The lowest BCUT2D eigenvalue weighted by Gasteiger charge is -2.13. The molecule has 0 spiro atoms. The predicted molar refractivity (Wildman–Crippen MR) is 75.6 cm³/mol. The van der Waals surface area contributed by atoms with Crippen LogP contribution in [0, 0.1) is 18.6 Å². The fourth-order valence-electron chi connectivity index (χ4n) is 2.28. The molecule has 2 rings (SSSR count). The summed E-state index contributed by atoms with van der Waals surface area (Å²) in [6, 6.07) is 11.7. The summed E-state index contributed by atoms with van der Waals surface area (Å²) >= 11 is 0. The van der Waals surface area contributed by atoms with E-state index in [9.17, 15) is 13.9 Å². The lowest BCUT2D eigenvalue weighted by Crippen LogP contribution is -2.14. The van der Waals surface area contributed by atoms with Crippen LogP contribution in [0.1, 0.15) is 23.1 Å². The van der Waals surface area contributed by atoms with Crippen LogP contribution in [-0.4, -0.2) is 11.2 Å².